The van der Waals surface area contributed by atoms with E-state index in [1.54, 1.807) is 6.92 Å². The molecule has 7 nitrogen and oxygen atoms in total. The number of rotatable bonds is 6. The van der Waals surface area contributed by atoms with Crippen LogP contribution in [-0.2, 0) is 14.4 Å². The molecule has 122 valence electrons. The van der Waals surface area contributed by atoms with Crippen molar-refractivity contribution in [2.45, 2.75) is 19.0 Å². The molecule has 1 aromatic rings. The number of amidine groups is 1. The molecule has 1 fully saturated rings. The van der Waals surface area contributed by atoms with Crippen LogP contribution in [0.5, 0.6) is 0 Å². The van der Waals surface area contributed by atoms with E-state index in [9.17, 15) is 14.4 Å². The molecule has 3 N–H and O–H groups in total. The van der Waals surface area contributed by atoms with Crippen molar-refractivity contribution in [3.8, 4) is 0 Å². The molecule has 1 heterocycles. The van der Waals surface area contributed by atoms with Gasteiger partial charge in [-0.25, -0.2) is 4.99 Å². The van der Waals surface area contributed by atoms with Crippen molar-refractivity contribution in [3.63, 3.8) is 0 Å². The number of benzene rings is 1. The van der Waals surface area contributed by atoms with E-state index in [0.717, 1.165) is 0 Å². The SMILES string of the molecule is C[C@@H](C(=O)N[C@H](C=O)CN)N1C(=O)CSC1=Nc1ccccc1. The Labute approximate surface area is 138 Å². The number of amides is 2. The Kier molecular flexibility index (Phi) is 5.89. The molecule has 2 atom stereocenters. The van der Waals surface area contributed by atoms with Crippen molar-refractivity contribution in [2.24, 2.45) is 10.7 Å². The number of nitrogens with one attached hydrogen (secondary N) is 1. The third-order valence-electron chi connectivity index (χ3n) is 3.29. The molecule has 1 saturated heterocycles. The largest absolute Gasteiger partial charge is 0.344 e. The van der Waals surface area contributed by atoms with Crippen molar-refractivity contribution < 1.29 is 14.4 Å². The van der Waals surface area contributed by atoms with E-state index in [1.165, 1.54) is 16.7 Å². The summed E-state index contributed by atoms with van der Waals surface area (Å²) >= 11 is 1.28. The minimum absolute atomic E-state index is 0.00954. The van der Waals surface area contributed by atoms with Crippen LogP contribution in [0.2, 0.25) is 0 Å². The minimum atomic E-state index is -0.769. The van der Waals surface area contributed by atoms with E-state index < -0.39 is 18.0 Å². The van der Waals surface area contributed by atoms with Crippen LogP contribution in [0.25, 0.3) is 0 Å². The van der Waals surface area contributed by atoms with Gasteiger partial charge < -0.3 is 15.8 Å². The molecular weight excluding hydrogens is 316 g/mol. The molecule has 0 spiro atoms. The van der Waals surface area contributed by atoms with Crippen LogP contribution in [0, 0.1) is 0 Å². The summed E-state index contributed by atoms with van der Waals surface area (Å²) in [5.41, 5.74) is 6.09. The highest BCUT2D eigenvalue weighted by Gasteiger charge is 2.36. The normalized spacial score (nSPS) is 18.8. The van der Waals surface area contributed by atoms with E-state index in [0.29, 0.717) is 17.1 Å². The zero-order chi connectivity index (χ0) is 16.8. The smallest absolute Gasteiger partial charge is 0.243 e. The number of para-hydroxylation sites is 1. The van der Waals surface area contributed by atoms with Gasteiger partial charge >= 0.3 is 0 Å². The average Bonchev–Trinajstić information content (AvgIpc) is 2.93. The summed E-state index contributed by atoms with van der Waals surface area (Å²) in [6, 6.07) is 7.66. The fraction of sp³-hybridized carbons (Fsp3) is 0.333. The Hall–Kier alpha value is -2.19. The van der Waals surface area contributed by atoms with Crippen LogP contribution < -0.4 is 11.1 Å². The van der Waals surface area contributed by atoms with E-state index in [1.807, 2.05) is 30.3 Å². The van der Waals surface area contributed by atoms with Gasteiger partial charge in [0.1, 0.15) is 12.3 Å². The summed E-state index contributed by atoms with van der Waals surface area (Å²) in [6.45, 7) is 1.60. The zero-order valence-corrected chi connectivity index (χ0v) is 13.5. The number of aldehydes is 1. The molecular formula is C15H18N4O3S. The van der Waals surface area contributed by atoms with Crippen LogP contribution in [0.4, 0.5) is 5.69 Å². The lowest BCUT2D eigenvalue weighted by atomic mass is 10.2. The van der Waals surface area contributed by atoms with Crippen LogP contribution in [0.1, 0.15) is 6.92 Å². The van der Waals surface area contributed by atoms with E-state index in [4.69, 9.17) is 5.73 Å². The van der Waals surface area contributed by atoms with Crippen LogP contribution in [-0.4, -0.2) is 52.5 Å². The van der Waals surface area contributed by atoms with Gasteiger partial charge in [-0.2, -0.15) is 0 Å². The summed E-state index contributed by atoms with van der Waals surface area (Å²) in [6.07, 6.45) is 0.574. The second-order valence-electron chi connectivity index (χ2n) is 4.95. The van der Waals surface area contributed by atoms with Crippen molar-refractivity contribution in [1.82, 2.24) is 10.2 Å². The number of carbonyl (C=O) groups excluding carboxylic acids is 3. The predicted octanol–water partition coefficient (Wildman–Crippen LogP) is 0.280. The number of nitrogens with two attached hydrogens (primary N) is 1. The number of hydrogen-bond acceptors (Lipinski definition) is 6. The fourth-order valence-electron chi connectivity index (χ4n) is 2.02. The molecule has 2 amide bonds. The third-order valence-corrected chi connectivity index (χ3v) is 4.23. The first-order chi connectivity index (χ1) is 11.1. The van der Waals surface area contributed by atoms with Gasteiger partial charge in [0.15, 0.2) is 5.17 Å². The maximum atomic E-state index is 12.2. The predicted molar refractivity (Wildman–Crippen MR) is 89.4 cm³/mol. The lowest BCUT2D eigenvalue weighted by Gasteiger charge is -2.24. The monoisotopic (exact) mass is 334 g/mol. The van der Waals surface area contributed by atoms with Gasteiger partial charge in [-0.1, -0.05) is 30.0 Å². The second kappa shape index (κ2) is 7.89. The summed E-state index contributed by atoms with van der Waals surface area (Å²) in [5, 5.41) is 2.98. The molecule has 1 aliphatic heterocycles. The maximum absolute atomic E-state index is 12.2. The zero-order valence-electron chi connectivity index (χ0n) is 12.6. The first-order valence-electron chi connectivity index (χ1n) is 7.11. The summed E-state index contributed by atoms with van der Waals surface area (Å²) in [5.74, 6) is -0.399. The number of hydrogen-bond donors (Lipinski definition) is 2. The molecule has 0 bridgehead atoms. The average molecular weight is 334 g/mol. The van der Waals surface area contributed by atoms with Crippen molar-refractivity contribution in [2.75, 3.05) is 12.3 Å². The summed E-state index contributed by atoms with van der Waals surface area (Å²) in [7, 11) is 0. The molecule has 1 aromatic carbocycles. The molecule has 0 unspecified atom stereocenters. The third kappa shape index (κ3) is 4.17. The number of aliphatic imine (C=N–C) groups is 1. The van der Waals surface area contributed by atoms with Gasteiger partial charge in [0, 0.05) is 6.54 Å². The van der Waals surface area contributed by atoms with Crippen molar-refractivity contribution in [1.29, 1.82) is 0 Å². The van der Waals surface area contributed by atoms with Crippen molar-refractivity contribution in [3.05, 3.63) is 30.3 Å². The molecule has 0 radical (unpaired) electrons. The molecule has 1 aliphatic rings. The highest BCUT2D eigenvalue weighted by atomic mass is 32.2. The standard InChI is InChI=1S/C15H18N4O3S/c1-10(14(22)17-12(7-16)8-20)19-13(21)9-23-15(19)18-11-5-3-2-4-6-11/h2-6,8,10,12H,7,9,16H2,1H3,(H,17,22)/t10-,12-/m0/s1. The molecule has 0 aliphatic carbocycles. The fourth-order valence-corrected chi connectivity index (χ4v) is 2.98. The highest BCUT2D eigenvalue weighted by molar-refractivity contribution is 8.15. The van der Waals surface area contributed by atoms with Gasteiger partial charge in [-0.15, -0.1) is 0 Å². The molecule has 0 saturated carbocycles. The van der Waals surface area contributed by atoms with Crippen molar-refractivity contribution >= 4 is 40.7 Å². The van der Waals surface area contributed by atoms with Gasteiger partial charge in [-0.05, 0) is 19.1 Å². The van der Waals surface area contributed by atoms with Gasteiger partial charge in [0.25, 0.3) is 0 Å². The van der Waals surface area contributed by atoms with Crippen LogP contribution in [0.15, 0.2) is 35.3 Å². The summed E-state index contributed by atoms with van der Waals surface area (Å²) < 4.78 is 0. The highest BCUT2D eigenvalue weighted by Crippen LogP contribution is 2.25. The Morgan fingerprint density at radius 1 is 1.48 bits per heavy atom. The van der Waals surface area contributed by atoms with Crippen LogP contribution in [0.3, 0.4) is 0 Å². The topological polar surface area (TPSA) is 105 Å². The minimum Gasteiger partial charge on any atom is -0.344 e. The molecule has 0 aromatic heterocycles. The van der Waals surface area contributed by atoms with Gasteiger partial charge in [0.2, 0.25) is 11.8 Å². The number of nitrogens with zero attached hydrogens (tertiary/aromatic N) is 2. The summed E-state index contributed by atoms with van der Waals surface area (Å²) in [4.78, 5) is 40.9. The Morgan fingerprint density at radius 3 is 2.78 bits per heavy atom. The second-order valence-corrected chi connectivity index (χ2v) is 5.89. The van der Waals surface area contributed by atoms with Gasteiger partial charge in [0.05, 0.1) is 17.5 Å². The molecule has 23 heavy (non-hydrogen) atoms. The Balaban J connectivity index is 2.17. The van der Waals surface area contributed by atoms with E-state index in [-0.39, 0.29) is 18.2 Å². The maximum Gasteiger partial charge on any atom is 0.243 e. The first-order valence-corrected chi connectivity index (χ1v) is 8.09. The lowest BCUT2D eigenvalue weighted by molar-refractivity contribution is -0.134. The number of carbonyl (C=O) groups is 3. The van der Waals surface area contributed by atoms with Crippen LogP contribution >= 0.6 is 11.8 Å². The van der Waals surface area contributed by atoms with Gasteiger partial charge in [-0.3, -0.25) is 14.5 Å². The lowest BCUT2D eigenvalue weighted by Crippen LogP contribution is -2.52. The van der Waals surface area contributed by atoms with E-state index >= 15 is 0 Å². The quantitative estimate of drug-likeness (QED) is 0.727. The molecule has 2 rings (SSSR count). The Bertz CT molecular complexity index is 620. The first kappa shape index (κ1) is 17.2. The van der Waals surface area contributed by atoms with E-state index in [2.05, 4.69) is 10.3 Å². The molecule has 8 heteroatoms. The Morgan fingerprint density at radius 2 is 2.17 bits per heavy atom. The number of thioether (sulfide) groups is 1.